The molecule has 5 nitrogen and oxygen atoms in total. The second kappa shape index (κ2) is 7.22. The second-order valence-corrected chi connectivity index (χ2v) is 8.66. The van der Waals surface area contributed by atoms with Gasteiger partial charge in [0.05, 0.1) is 17.4 Å². The van der Waals surface area contributed by atoms with Crippen LogP contribution in [0.3, 0.4) is 0 Å². The number of anilines is 1. The Kier molecular flexibility index (Phi) is 4.39. The fourth-order valence-corrected chi connectivity index (χ4v) is 5.49. The van der Waals surface area contributed by atoms with Crippen molar-refractivity contribution < 1.29 is 19.4 Å². The zero-order valence-electron chi connectivity index (χ0n) is 18.7. The third kappa shape index (κ3) is 2.66. The molecule has 1 spiro atoms. The molecule has 166 valence electrons. The number of rotatable bonds is 3. The topological polar surface area (TPSA) is 59.0 Å². The highest BCUT2D eigenvalue weighted by Gasteiger charge is 2.54. The number of carbonyl (C=O) groups excluding carboxylic acids is 1. The van der Waals surface area contributed by atoms with Gasteiger partial charge in [-0.3, -0.25) is 0 Å². The van der Waals surface area contributed by atoms with E-state index in [2.05, 4.69) is 18.7 Å². The Labute approximate surface area is 192 Å². The summed E-state index contributed by atoms with van der Waals surface area (Å²) in [7, 11) is 0. The van der Waals surface area contributed by atoms with E-state index in [0.717, 1.165) is 45.9 Å². The molecule has 0 bridgehead atoms. The van der Waals surface area contributed by atoms with Gasteiger partial charge in [0.1, 0.15) is 11.5 Å². The molecule has 3 aromatic carbocycles. The van der Waals surface area contributed by atoms with E-state index in [1.807, 2.05) is 66.7 Å². The van der Waals surface area contributed by atoms with Crippen LogP contribution in [0.1, 0.15) is 47.3 Å². The minimum atomic E-state index is -1.08. The van der Waals surface area contributed by atoms with Gasteiger partial charge in [0, 0.05) is 35.0 Å². The van der Waals surface area contributed by atoms with E-state index >= 15 is 0 Å². The predicted molar refractivity (Wildman–Crippen MR) is 127 cm³/mol. The Balaban J connectivity index is 1.71. The molecule has 1 N–H and O–H groups in total. The normalized spacial score (nSPS) is 21.5. The molecule has 2 atom stereocenters. The zero-order chi connectivity index (χ0) is 22.7. The Morgan fingerprint density at radius 3 is 2.61 bits per heavy atom. The van der Waals surface area contributed by atoms with Crippen molar-refractivity contribution in [2.45, 2.75) is 32.0 Å². The highest BCUT2D eigenvalue weighted by molar-refractivity contribution is 6.02. The summed E-state index contributed by atoms with van der Waals surface area (Å²) in [5.41, 5.74) is 2.90. The maximum Gasteiger partial charge on any atom is 0.342 e. The highest BCUT2D eigenvalue weighted by Crippen LogP contribution is 2.56. The van der Waals surface area contributed by atoms with E-state index in [-0.39, 0.29) is 5.97 Å². The Morgan fingerprint density at radius 2 is 1.79 bits per heavy atom. The zero-order valence-corrected chi connectivity index (χ0v) is 18.7. The number of fused-ring (bicyclic) bond motifs is 8. The lowest BCUT2D eigenvalue weighted by atomic mass is 9.77. The fraction of sp³-hybridized carbons (Fsp3) is 0.250. The maximum atomic E-state index is 13.5. The average molecular weight is 440 g/mol. The van der Waals surface area contributed by atoms with Gasteiger partial charge >= 0.3 is 5.97 Å². The maximum absolute atomic E-state index is 13.5. The standard InChI is InChI=1S/C28H25NO4/c1-3-29(4-2)23-10-7-9-21-25(23)27(31)33-28(21)20-8-5-6-11-24(20)32-26-19-14-13-18(30)16-17(19)12-15-22(26)28/h5-12,14-16,18,30H,3-4,13H2,1-2H3. The van der Waals surface area contributed by atoms with Crippen molar-refractivity contribution in [1.82, 2.24) is 0 Å². The molecule has 2 unspecified atom stereocenters. The molecule has 0 fully saturated rings. The van der Waals surface area contributed by atoms with Crippen molar-refractivity contribution in [3.8, 4) is 11.5 Å². The van der Waals surface area contributed by atoms with Gasteiger partial charge in [0.15, 0.2) is 5.60 Å². The van der Waals surface area contributed by atoms with Crippen LogP contribution < -0.4 is 20.1 Å². The first kappa shape index (κ1) is 20.1. The summed E-state index contributed by atoms with van der Waals surface area (Å²) >= 11 is 0. The summed E-state index contributed by atoms with van der Waals surface area (Å²) in [4.78, 5) is 15.7. The van der Waals surface area contributed by atoms with Gasteiger partial charge < -0.3 is 19.5 Å². The van der Waals surface area contributed by atoms with Gasteiger partial charge in [-0.25, -0.2) is 4.79 Å². The van der Waals surface area contributed by atoms with Gasteiger partial charge in [0.2, 0.25) is 0 Å². The summed E-state index contributed by atoms with van der Waals surface area (Å²) < 4.78 is 12.8. The lowest BCUT2D eigenvalue weighted by molar-refractivity contribution is 0.0224. The van der Waals surface area contributed by atoms with Crippen molar-refractivity contribution in [3.63, 3.8) is 0 Å². The molecule has 3 aliphatic rings. The number of benzene rings is 3. The van der Waals surface area contributed by atoms with Crippen LogP contribution in [0.15, 0.2) is 54.6 Å². The van der Waals surface area contributed by atoms with Crippen LogP contribution in [0.5, 0.6) is 11.5 Å². The van der Waals surface area contributed by atoms with Gasteiger partial charge in [-0.15, -0.1) is 0 Å². The van der Waals surface area contributed by atoms with Crippen LogP contribution in [0.2, 0.25) is 0 Å². The molecule has 2 heterocycles. The first-order valence-corrected chi connectivity index (χ1v) is 11.5. The summed E-state index contributed by atoms with van der Waals surface area (Å²) in [5.74, 6) is 1.04. The van der Waals surface area contributed by atoms with E-state index in [9.17, 15) is 9.90 Å². The SMILES string of the molecule is CCN(CC)c1cccc2c1C(=O)OC21c2ccccc2Oc2c1ccc1c2=CCC(O)C=1. The number of esters is 1. The highest BCUT2D eigenvalue weighted by atomic mass is 16.6. The van der Waals surface area contributed by atoms with Crippen LogP contribution in [0, 0.1) is 0 Å². The van der Waals surface area contributed by atoms with E-state index in [1.165, 1.54) is 0 Å². The van der Waals surface area contributed by atoms with E-state index in [4.69, 9.17) is 9.47 Å². The molecule has 0 saturated carbocycles. The summed E-state index contributed by atoms with van der Waals surface area (Å²) in [6.07, 6.45) is 3.86. The van der Waals surface area contributed by atoms with Gasteiger partial charge in [-0.1, -0.05) is 42.5 Å². The molecule has 33 heavy (non-hydrogen) atoms. The summed E-state index contributed by atoms with van der Waals surface area (Å²) in [5, 5.41) is 12.0. The minimum Gasteiger partial charge on any atom is -0.456 e. The minimum absolute atomic E-state index is 0.321. The monoisotopic (exact) mass is 439 g/mol. The molecule has 0 saturated heterocycles. The number of hydrogen-bond donors (Lipinski definition) is 1. The third-order valence-electron chi connectivity index (χ3n) is 7.00. The van der Waals surface area contributed by atoms with E-state index in [1.54, 1.807) is 0 Å². The van der Waals surface area contributed by atoms with Crippen molar-refractivity contribution in [3.05, 3.63) is 87.3 Å². The van der Waals surface area contributed by atoms with Crippen LogP contribution in [0.25, 0.3) is 12.2 Å². The molecule has 0 amide bonds. The molecule has 6 rings (SSSR count). The largest absolute Gasteiger partial charge is 0.456 e. The quantitative estimate of drug-likeness (QED) is 0.634. The summed E-state index contributed by atoms with van der Waals surface area (Å²) in [6, 6.07) is 17.7. The smallest absolute Gasteiger partial charge is 0.342 e. The Morgan fingerprint density at radius 1 is 1.00 bits per heavy atom. The van der Waals surface area contributed by atoms with E-state index < -0.39 is 11.7 Å². The molecule has 0 radical (unpaired) electrons. The first-order valence-electron chi connectivity index (χ1n) is 11.5. The summed E-state index contributed by atoms with van der Waals surface area (Å²) in [6.45, 7) is 5.77. The van der Waals surface area contributed by atoms with Gasteiger partial charge in [0.25, 0.3) is 0 Å². The van der Waals surface area contributed by atoms with Crippen molar-refractivity contribution in [2.24, 2.45) is 0 Å². The molecular weight excluding hydrogens is 414 g/mol. The number of hydrogen-bond acceptors (Lipinski definition) is 5. The molecule has 1 aliphatic carbocycles. The predicted octanol–water partition coefficient (Wildman–Crippen LogP) is 3.43. The van der Waals surface area contributed by atoms with Gasteiger partial charge in [-0.05, 0) is 49.8 Å². The van der Waals surface area contributed by atoms with Crippen molar-refractivity contribution in [1.29, 1.82) is 0 Å². The molecule has 5 heteroatoms. The van der Waals surface area contributed by atoms with Crippen LogP contribution in [-0.2, 0) is 10.3 Å². The molecular formula is C28H25NO4. The lowest BCUT2D eigenvalue weighted by Gasteiger charge is -2.37. The number of nitrogens with zero attached hydrogens (tertiary/aromatic N) is 1. The Bertz CT molecular complexity index is 1420. The molecule has 2 aliphatic heterocycles. The number of aliphatic hydroxyl groups excluding tert-OH is 1. The van der Waals surface area contributed by atoms with Gasteiger partial charge in [-0.2, -0.15) is 0 Å². The number of ether oxygens (including phenoxy) is 2. The molecule has 3 aromatic rings. The van der Waals surface area contributed by atoms with E-state index in [0.29, 0.717) is 23.5 Å². The number of aliphatic hydroxyl groups is 1. The van der Waals surface area contributed by atoms with Crippen LogP contribution >= 0.6 is 0 Å². The molecule has 0 aromatic heterocycles. The number of para-hydroxylation sites is 1. The van der Waals surface area contributed by atoms with Crippen molar-refractivity contribution >= 4 is 23.8 Å². The second-order valence-electron chi connectivity index (χ2n) is 8.66. The average Bonchev–Trinajstić information content (AvgIpc) is 3.13. The van der Waals surface area contributed by atoms with Crippen molar-refractivity contribution in [2.75, 3.05) is 18.0 Å². The first-order chi connectivity index (χ1) is 16.1. The van der Waals surface area contributed by atoms with Crippen LogP contribution in [-0.4, -0.2) is 30.3 Å². The Hall–Kier alpha value is -3.57. The van der Waals surface area contributed by atoms with Crippen LogP contribution in [0.4, 0.5) is 5.69 Å². The number of carbonyl (C=O) groups is 1. The lowest BCUT2D eigenvalue weighted by Crippen LogP contribution is -2.39. The third-order valence-corrected chi connectivity index (χ3v) is 7.00. The fourth-order valence-electron chi connectivity index (χ4n) is 5.49.